The van der Waals surface area contributed by atoms with Crippen molar-refractivity contribution in [2.45, 2.75) is 58.9 Å². The Hall–Kier alpha value is -2.65. The maximum atomic E-state index is 13.8. The van der Waals surface area contributed by atoms with Crippen molar-refractivity contribution in [3.63, 3.8) is 0 Å². The molecule has 0 aliphatic carbocycles. The Morgan fingerprint density at radius 3 is 2.45 bits per heavy atom. The Balaban J connectivity index is 1.92. The second-order valence-corrected chi connectivity index (χ2v) is 10.2. The predicted octanol–water partition coefficient (Wildman–Crippen LogP) is 3.65. The molecule has 1 N–H and O–H groups in total. The zero-order valence-electron chi connectivity index (χ0n) is 20.0. The fourth-order valence-corrected chi connectivity index (χ4v) is 6.52. The lowest BCUT2D eigenvalue weighted by Crippen LogP contribution is -2.44. The molecule has 0 unspecified atom stereocenters. The first-order valence-corrected chi connectivity index (χ1v) is 12.8. The number of hydrogen-bond acceptors (Lipinski definition) is 5. The van der Waals surface area contributed by atoms with Crippen LogP contribution in [0.25, 0.3) is 0 Å². The maximum absolute atomic E-state index is 13.8. The molecule has 1 aromatic carbocycles. The van der Waals surface area contributed by atoms with Crippen LogP contribution in [0, 0.1) is 26.7 Å². The number of rotatable bonds is 7. The van der Waals surface area contributed by atoms with Crippen LogP contribution >= 0.6 is 0 Å². The summed E-state index contributed by atoms with van der Waals surface area (Å²) in [6.45, 7) is 9.99. The summed E-state index contributed by atoms with van der Waals surface area (Å²) >= 11 is 0. The van der Waals surface area contributed by atoms with Crippen molar-refractivity contribution in [2.24, 2.45) is 5.92 Å². The number of benzene rings is 1. The maximum Gasteiger partial charge on any atom is 0.341 e. The van der Waals surface area contributed by atoms with E-state index in [1.165, 1.54) is 4.31 Å². The van der Waals surface area contributed by atoms with E-state index >= 15 is 0 Å². The molecule has 1 fully saturated rings. The van der Waals surface area contributed by atoms with E-state index in [1.54, 1.807) is 20.8 Å². The summed E-state index contributed by atoms with van der Waals surface area (Å²) in [4.78, 5) is 25.7. The normalized spacial score (nSPS) is 17.1. The fourth-order valence-electron chi connectivity index (χ4n) is 4.54. The van der Waals surface area contributed by atoms with Crippen LogP contribution < -0.4 is 5.32 Å². The molecule has 1 aliphatic rings. The number of nitrogens with zero attached hydrogens (tertiary/aromatic N) is 2. The molecule has 2 heterocycles. The number of hydrogen-bond donors (Lipinski definition) is 1. The van der Waals surface area contributed by atoms with Crippen LogP contribution in [0.5, 0.6) is 0 Å². The van der Waals surface area contributed by atoms with Gasteiger partial charge < -0.3 is 14.6 Å². The van der Waals surface area contributed by atoms with Crippen LogP contribution in [0.3, 0.4) is 0 Å². The molecule has 0 radical (unpaired) electrons. The summed E-state index contributed by atoms with van der Waals surface area (Å²) in [7, 11) is -4.01. The van der Waals surface area contributed by atoms with Crippen molar-refractivity contribution in [3.05, 3.63) is 46.8 Å². The van der Waals surface area contributed by atoms with Crippen molar-refractivity contribution in [3.8, 4) is 0 Å². The molecule has 9 heteroatoms. The van der Waals surface area contributed by atoms with Gasteiger partial charge in [-0.1, -0.05) is 18.2 Å². The van der Waals surface area contributed by atoms with Gasteiger partial charge in [0, 0.05) is 36.7 Å². The molecular weight excluding hydrogens is 442 g/mol. The van der Waals surface area contributed by atoms with E-state index < -0.39 is 21.9 Å². The molecule has 1 atom stereocenters. The monoisotopic (exact) mass is 475 g/mol. The van der Waals surface area contributed by atoms with Gasteiger partial charge in [0.2, 0.25) is 15.9 Å². The number of aromatic nitrogens is 1. The van der Waals surface area contributed by atoms with Crippen molar-refractivity contribution < 1.29 is 22.7 Å². The second kappa shape index (κ2) is 10.1. The molecule has 33 heavy (non-hydrogen) atoms. The molecule has 3 rings (SSSR count). The topological polar surface area (TPSA) is 97.7 Å². The van der Waals surface area contributed by atoms with Crippen LogP contribution in [0.1, 0.15) is 54.0 Å². The van der Waals surface area contributed by atoms with E-state index in [-0.39, 0.29) is 29.5 Å². The standard InChI is InChI=1S/C24H33N3O5S/c1-6-27-17(4)21(24(29)32-7-2)22(18(27)5)33(30,31)26-14-10-12-19(15-26)23(28)25-20-13-9-8-11-16(20)3/h8-9,11,13,19H,6-7,10,12,14-15H2,1-5H3,(H,25,28)/t19-/m0/s1. The number of anilines is 1. The van der Waals surface area contributed by atoms with Crippen molar-refractivity contribution >= 4 is 27.6 Å². The van der Waals surface area contributed by atoms with Crippen LogP contribution in [0.2, 0.25) is 0 Å². The Bertz CT molecular complexity index is 1150. The average Bonchev–Trinajstić information content (AvgIpc) is 3.05. The largest absolute Gasteiger partial charge is 0.462 e. The van der Waals surface area contributed by atoms with Gasteiger partial charge in [0.05, 0.1) is 12.5 Å². The minimum atomic E-state index is -4.01. The quantitative estimate of drug-likeness (QED) is 0.617. The predicted molar refractivity (Wildman–Crippen MR) is 127 cm³/mol. The van der Waals surface area contributed by atoms with Gasteiger partial charge in [-0.3, -0.25) is 4.79 Å². The SMILES string of the molecule is CCOC(=O)c1c(S(=O)(=O)N2CCC[C@H](C(=O)Nc3ccccc3C)C2)c(C)n(CC)c1C. The highest BCUT2D eigenvalue weighted by Gasteiger charge is 2.39. The van der Waals surface area contributed by atoms with Gasteiger partial charge >= 0.3 is 5.97 Å². The zero-order valence-corrected chi connectivity index (χ0v) is 20.8. The molecule has 1 aliphatic heterocycles. The van der Waals surface area contributed by atoms with Crippen LogP contribution in [0.15, 0.2) is 29.2 Å². The van der Waals surface area contributed by atoms with Crippen molar-refractivity contribution in [1.82, 2.24) is 8.87 Å². The van der Waals surface area contributed by atoms with E-state index in [0.29, 0.717) is 37.3 Å². The number of carbonyl (C=O) groups excluding carboxylic acids is 2. The number of para-hydroxylation sites is 1. The lowest BCUT2D eigenvalue weighted by Gasteiger charge is -2.31. The first-order chi connectivity index (χ1) is 15.6. The number of nitrogens with one attached hydrogen (secondary N) is 1. The van der Waals surface area contributed by atoms with E-state index in [1.807, 2.05) is 42.7 Å². The molecule has 0 spiro atoms. The minimum Gasteiger partial charge on any atom is -0.462 e. The van der Waals surface area contributed by atoms with Gasteiger partial charge in [-0.15, -0.1) is 0 Å². The molecule has 8 nitrogen and oxygen atoms in total. The zero-order chi connectivity index (χ0) is 24.3. The fraction of sp³-hybridized carbons (Fsp3) is 0.500. The molecule has 180 valence electrons. The first kappa shape index (κ1) is 25.0. The first-order valence-electron chi connectivity index (χ1n) is 11.4. The molecule has 2 aromatic rings. The molecule has 1 saturated heterocycles. The highest BCUT2D eigenvalue weighted by Crippen LogP contribution is 2.33. The van der Waals surface area contributed by atoms with Crippen LogP contribution in [-0.4, -0.2) is 48.9 Å². The molecule has 0 bridgehead atoms. The van der Waals surface area contributed by atoms with E-state index in [0.717, 1.165) is 11.3 Å². The van der Waals surface area contributed by atoms with Gasteiger partial charge in [0.25, 0.3) is 0 Å². The molecule has 0 saturated carbocycles. The van der Waals surface area contributed by atoms with E-state index in [9.17, 15) is 18.0 Å². The van der Waals surface area contributed by atoms with Gasteiger partial charge in [-0.05, 0) is 59.1 Å². The lowest BCUT2D eigenvalue weighted by molar-refractivity contribution is -0.120. The third-order valence-electron chi connectivity index (χ3n) is 6.28. The van der Waals surface area contributed by atoms with Gasteiger partial charge in [0.1, 0.15) is 10.5 Å². The molecule has 1 amide bonds. The van der Waals surface area contributed by atoms with Crippen LogP contribution in [0.4, 0.5) is 5.69 Å². The van der Waals surface area contributed by atoms with Crippen molar-refractivity contribution in [1.29, 1.82) is 0 Å². The third-order valence-corrected chi connectivity index (χ3v) is 8.31. The summed E-state index contributed by atoms with van der Waals surface area (Å²) in [6, 6.07) is 7.48. The summed E-state index contributed by atoms with van der Waals surface area (Å²) in [6.07, 6.45) is 1.16. The minimum absolute atomic E-state index is 0.0136. The van der Waals surface area contributed by atoms with Gasteiger partial charge in [-0.25, -0.2) is 13.2 Å². The number of piperidine rings is 1. The summed E-state index contributed by atoms with van der Waals surface area (Å²) < 4.78 is 35.9. The third kappa shape index (κ3) is 4.84. The second-order valence-electron chi connectivity index (χ2n) is 8.35. The Morgan fingerprint density at radius 1 is 1.12 bits per heavy atom. The number of ether oxygens (including phenoxy) is 1. The highest BCUT2D eigenvalue weighted by molar-refractivity contribution is 7.89. The van der Waals surface area contributed by atoms with Crippen LogP contribution in [-0.2, 0) is 26.1 Å². The molecule has 1 aromatic heterocycles. The Morgan fingerprint density at radius 2 is 1.82 bits per heavy atom. The Labute approximate surface area is 196 Å². The number of carbonyl (C=O) groups is 2. The summed E-state index contributed by atoms with van der Waals surface area (Å²) in [5, 5.41) is 2.93. The Kier molecular flexibility index (Phi) is 7.64. The number of aryl methyl sites for hydroxylation is 1. The summed E-state index contributed by atoms with van der Waals surface area (Å²) in [5.41, 5.74) is 2.82. The van der Waals surface area contributed by atoms with E-state index in [2.05, 4.69) is 5.32 Å². The van der Waals surface area contributed by atoms with Crippen molar-refractivity contribution in [2.75, 3.05) is 25.0 Å². The van der Waals surface area contributed by atoms with Gasteiger partial charge in [0.15, 0.2) is 0 Å². The number of sulfonamides is 1. The lowest BCUT2D eigenvalue weighted by atomic mass is 9.98. The number of amides is 1. The smallest absolute Gasteiger partial charge is 0.341 e. The molecular formula is C24H33N3O5S. The van der Waals surface area contributed by atoms with E-state index in [4.69, 9.17) is 4.74 Å². The van der Waals surface area contributed by atoms with Gasteiger partial charge in [-0.2, -0.15) is 4.31 Å². The number of esters is 1. The summed E-state index contributed by atoms with van der Waals surface area (Å²) in [5.74, 6) is -1.32. The highest BCUT2D eigenvalue weighted by atomic mass is 32.2. The average molecular weight is 476 g/mol.